The van der Waals surface area contributed by atoms with Crippen LogP contribution in [0, 0.1) is 11.3 Å². The van der Waals surface area contributed by atoms with E-state index in [0.717, 1.165) is 0 Å². The number of aliphatic hydroxyl groups excluding tert-OH is 1. The highest BCUT2D eigenvalue weighted by atomic mass is 16.5. The van der Waals surface area contributed by atoms with E-state index < -0.39 is 6.10 Å². The molecule has 7 heteroatoms. The van der Waals surface area contributed by atoms with Crippen LogP contribution in [0.4, 0.5) is 5.82 Å². The Kier molecular flexibility index (Phi) is 3.46. The van der Waals surface area contributed by atoms with Crippen molar-refractivity contribution in [2.75, 3.05) is 18.0 Å². The van der Waals surface area contributed by atoms with Gasteiger partial charge in [0.2, 0.25) is 0 Å². The number of aryl methyl sites for hydroxylation is 1. The molecule has 108 valence electrons. The molecular weight excluding hydrogens is 270 g/mol. The molecule has 0 aromatic carbocycles. The van der Waals surface area contributed by atoms with Crippen molar-refractivity contribution in [3.05, 3.63) is 36.3 Å². The summed E-state index contributed by atoms with van der Waals surface area (Å²) < 4.78 is 7.39. The zero-order valence-corrected chi connectivity index (χ0v) is 11.5. The lowest BCUT2D eigenvalue weighted by molar-refractivity contribution is 0.0737. The molecule has 1 saturated heterocycles. The van der Waals surface area contributed by atoms with Crippen LogP contribution in [0.5, 0.6) is 5.75 Å². The SMILES string of the molecule is Cn1cc(O[C@@H]2CN(c3cccc(C#N)n3)C[C@H]2O)cn1. The fourth-order valence-corrected chi connectivity index (χ4v) is 2.36. The Labute approximate surface area is 122 Å². The minimum absolute atomic E-state index is 0.346. The molecule has 0 bridgehead atoms. The molecular formula is C14H15N5O2. The third-order valence-electron chi connectivity index (χ3n) is 3.38. The summed E-state index contributed by atoms with van der Waals surface area (Å²) in [4.78, 5) is 6.14. The van der Waals surface area contributed by atoms with Crippen LogP contribution in [0.2, 0.25) is 0 Å². The Balaban J connectivity index is 1.72. The van der Waals surface area contributed by atoms with Gasteiger partial charge in [-0.25, -0.2) is 4.98 Å². The topological polar surface area (TPSA) is 87.2 Å². The summed E-state index contributed by atoms with van der Waals surface area (Å²) in [6, 6.07) is 7.27. The van der Waals surface area contributed by atoms with Crippen molar-refractivity contribution in [1.82, 2.24) is 14.8 Å². The van der Waals surface area contributed by atoms with E-state index in [2.05, 4.69) is 10.1 Å². The van der Waals surface area contributed by atoms with Gasteiger partial charge in [-0.05, 0) is 12.1 Å². The summed E-state index contributed by atoms with van der Waals surface area (Å²) in [6.45, 7) is 0.935. The van der Waals surface area contributed by atoms with Crippen LogP contribution >= 0.6 is 0 Å². The van der Waals surface area contributed by atoms with Crippen LogP contribution in [-0.2, 0) is 7.05 Å². The molecule has 0 spiro atoms. The van der Waals surface area contributed by atoms with Crippen LogP contribution in [0.1, 0.15) is 5.69 Å². The number of aliphatic hydroxyl groups is 1. The number of β-amino-alcohol motifs (C(OH)–C–C–N with tert-alkyl or cyclic N) is 1. The summed E-state index contributed by atoms with van der Waals surface area (Å²) >= 11 is 0. The molecule has 2 aromatic rings. The molecule has 2 atom stereocenters. The number of nitrogens with zero attached hydrogens (tertiary/aromatic N) is 5. The quantitative estimate of drug-likeness (QED) is 0.873. The average Bonchev–Trinajstić information content (AvgIpc) is 3.06. The molecule has 0 radical (unpaired) electrons. The standard InChI is InChI=1S/C14H15N5O2/c1-18-7-11(6-16-18)21-13-9-19(8-12(13)20)14-4-2-3-10(5-15)17-14/h2-4,6-7,12-13,20H,8-9H2,1H3/t12-,13-/m1/s1. The Morgan fingerprint density at radius 2 is 2.29 bits per heavy atom. The predicted octanol–water partition coefficient (Wildman–Crippen LogP) is 0.315. The number of anilines is 1. The molecule has 21 heavy (non-hydrogen) atoms. The minimum Gasteiger partial charge on any atom is -0.482 e. The maximum atomic E-state index is 10.1. The number of aromatic nitrogens is 3. The maximum absolute atomic E-state index is 10.1. The highest BCUT2D eigenvalue weighted by molar-refractivity contribution is 5.43. The van der Waals surface area contributed by atoms with Gasteiger partial charge in [0.05, 0.1) is 18.9 Å². The van der Waals surface area contributed by atoms with Crippen LogP contribution in [0.25, 0.3) is 0 Å². The Hall–Kier alpha value is -2.59. The number of rotatable bonds is 3. The summed E-state index contributed by atoms with van der Waals surface area (Å²) in [5.41, 5.74) is 0.360. The van der Waals surface area contributed by atoms with E-state index in [0.29, 0.717) is 30.4 Å². The van der Waals surface area contributed by atoms with Gasteiger partial charge < -0.3 is 14.7 Å². The first kappa shape index (κ1) is 13.4. The van der Waals surface area contributed by atoms with E-state index in [4.69, 9.17) is 10.00 Å². The molecule has 3 rings (SSSR count). The van der Waals surface area contributed by atoms with Gasteiger partial charge in [0, 0.05) is 13.6 Å². The Bertz CT molecular complexity index is 678. The lowest BCUT2D eigenvalue weighted by atomic mass is 10.3. The van der Waals surface area contributed by atoms with E-state index in [1.807, 2.05) is 24.1 Å². The molecule has 0 amide bonds. The van der Waals surface area contributed by atoms with E-state index in [9.17, 15) is 5.11 Å². The summed E-state index contributed by atoms with van der Waals surface area (Å²) in [6.07, 6.45) is 2.41. The molecule has 1 fully saturated rings. The van der Waals surface area contributed by atoms with Crippen molar-refractivity contribution in [1.29, 1.82) is 5.26 Å². The minimum atomic E-state index is -0.613. The van der Waals surface area contributed by atoms with Gasteiger partial charge in [0.1, 0.15) is 29.8 Å². The van der Waals surface area contributed by atoms with Crippen molar-refractivity contribution >= 4 is 5.82 Å². The first-order valence-corrected chi connectivity index (χ1v) is 6.61. The summed E-state index contributed by atoms with van der Waals surface area (Å²) in [7, 11) is 1.81. The Morgan fingerprint density at radius 1 is 1.43 bits per heavy atom. The third kappa shape index (κ3) is 2.80. The predicted molar refractivity (Wildman–Crippen MR) is 74.8 cm³/mol. The second-order valence-corrected chi connectivity index (χ2v) is 4.97. The second kappa shape index (κ2) is 5.42. The van der Waals surface area contributed by atoms with Crippen molar-refractivity contribution < 1.29 is 9.84 Å². The van der Waals surface area contributed by atoms with Crippen molar-refractivity contribution in [3.63, 3.8) is 0 Å². The molecule has 1 N–H and O–H groups in total. The van der Waals surface area contributed by atoms with Gasteiger partial charge in [-0.2, -0.15) is 10.4 Å². The van der Waals surface area contributed by atoms with Crippen LogP contribution in [0.15, 0.2) is 30.6 Å². The monoisotopic (exact) mass is 285 g/mol. The van der Waals surface area contributed by atoms with E-state index in [1.54, 1.807) is 29.2 Å². The first-order chi connectivity index (χ1) is 10.2. The summed E-state index contributed by atoms with van der Waals surface area (Å²) in [5, 5.41) is 23.1. The molecule has 0 aliphatic carbocycles. The highest BCUT2D eigenvalue weighted by Gasteiger charge is 2.34. The summed E-state index contributed by atoms with van der Waals surface area (Å²) in [5.74, 6) is 1.30. The van der Waals surface area contributed by atoms with Gasteiger partial charge >= 0.3 is 0 Å². The number of hydrogen-bond donors (Lipinski definition) is 1. The van der Waals surface area contributed by atoms with Gasteiger partial charge in [0.25, 0.3) is 0 Å². The fraction of sp³-hybridized carbons (Fsp3) is 0.357. The molecule has 7 nitrogen and oxygen atoms in total. The van der Waals surface area contributed by atoms with E-state index >= 15 is 0 Å². The zero-order chi connectivity index (χ0) is 14.8. The van der Waals surface area contributed by atoms with Crippen molar-refractivity contribution in [2.24, 2.45) is 7.05 Å². The number of hydrogen-bond acceptors (Lipinski definition) is 6. The van der Waals surface area contributed by atoms with Crippen molar-refractivity contribution in [2.45, 2.75) is 12.2 Å². The lowest BCUT2D eigenvalue weighted by Gasteiger charge is -2.17. The second-order valence-electron chi connectivity index (χ2n) is 4.97. The first-order valence-electron chi connectivity index (χ1n) is 6.61. The number of pyridine rings is 1. The molecule has 3 heterocycles. The van der Waals surface area contributed by atoms with Gasteiger partial charge in [-0.15, -0.1) is 0 Å². The van der Waals surface area contributed by atoms with E-state index in [1.165, 1.54) is 0 Å². The normalized spacial score (nSPS) is 21.3. The molecule has 2 aromatic heterocycles. The molecule has 0 unspecified atom stereocenters. The van der Waals surface area contributed by atoms with Crippen LogP contribution < -0.4 is 9.64 Å². The number of ether oxygens (including phenoxy) is 1. The zero-order valence-electron chi connectivity index (χ0n) is 11.5. The third-order valence-corrected chi connectivity index (χ3v) is 3.38. The smallest absolute Gasteiger partial charge is 0.157 e. The molecule has 1 aliphatic heterocycles. The largest absolute Gasteiger partial charge is 0.482 e. The van der Waals surface area contributed by atoms with Gasteiger partial charge in [-0.3, -0.25) is 4.68 Å². The average molecular weight is 285 g/mol. The Morgan fingerprint density at radius 3 is 3.00 bits per heavy atom. The van der Waals surface area contributed by atoms with E-state index in [-0.39, 0.29) is 6.10 Å². The van der Waals surface area contributed by atoms with Crippen LogP contribution in [0.3, 0.4) is 0 Å². The van der Waals surface area contributed by atoms with Gasteiger partial charge in [-0.1, -0.05) is 6.07 Å². The molecule has 1 aliphatic rings. The van der Waals surface area contributed by atoms with Crippen LogP contribution in [-0.4, -0.2) is 45.2 Å². The van der Waals surface area contributed by atoms with Crippen molar-refractivity contribution in [3.8, 4) is 11.8 Å². The van der Waals surface area contributed by atoms with Gasteiger partial charge in [0.15, 0.2) is 5.75 Å². The maximum Gasteiger partial charge on any atom is 0.157 e. The fourth-order valence-electron chi connectivity index (χ4n) is 2.36. The lowest BCUT2D eigenvalue weighted by Crippen LogP contribution is -2.29. The number of nitriles is 1. The highest BCUT2D eigenvalue weighted by Crippen LogP contribution is 2.22. The molecule has 0 saturated carbocycles.